The maximum atomic E-state index is 12.7. The second-order valence-corrected chi connectivity index (χ2v) is 8.53. The molecule has 1 fully saturated rings. The number of hydrogen-bond donors (Lipinski definition) is 1. The van der Waals surface area contributed by atoms with Crippen LogP contribution in [0.15, 0.2) is 51.7 Å². The summed E-state index contributed by atoms with van der Waals surface area (Å²) in [5, 5.41) is 12.4. The Kier molecular flexibility index (Phi) is 6.92. The lowest BCUT2D eigenvalue weighted by molar-refractivity contribution is -0.135. The number of rotatable bonds is 5. The highest BCUT2D eigenvalue weighted by Crippen LogP contribution is 2.24. The number of likely N-dealkylation sites (N-methyl/N-ethyl adjacent to an activating group) is 1. The number of oxazole rings is 1. The molecule has 1 amide bonds. The summed E-state index contributed by atoms with van der Waals surface area (Å²) in [7, 11) is 3.65. The van der Waals surface area contributed by atoms with Crippen LogP contribution in [0.2, 0.25) is 0 Å². The Morgan fingerprint density at radius 1 is 1.18 bits per heavy atom. The standard InChI is InChI=1S/C25H28N4O4/c1-28-11-3-4-12-32-23(16-28)24(30)27-20(15-26)13-17-5-7-18(8-6-17)19-9-10-22-21(14-19)29(2)25(31)33-22/h5-10,14,20,23H,3-4,11-13,16H2,1-2H3,(H,27,30)/t20-,23-/m0/s1. The van der Waals surface area contributed by atoms with Gasteiger partial charge in [-0.1, -0.05) is 30.3 Å². The zero-order chi connectivity index (χ0) is 23.4. The van der Waals surface area contributed by atoms with Gasteiger partial charge in [0.05, 0.1) is 11.6 Å². The number of benzene rings is 2. The van der Waals surface area contributed by atoms with E-state index in [2.05, 4.69) is 16.3 Å². The highest BCUT2D eigenvalue weighted by atomic mass is 16.5. The van der Waals surface area contributed by atoms with Crippen LogP contribution in [-0.2, 0) is 23.0 Å². The number of nitrogens with one attached hydrogen (secondary N) is 1. The van der Waals surface area contributed by atoms with Gasteiger partial charge in [0.1, 0.15) is 12.1 Å². The Balaban J connectivity index is 1.42. The number of carbonyl (C=O) groups excluding carboxylic acids is 1. The first kappa shape index (κ1) is 22.8. The largest absolute Gasteiger partial charge is 0.419 e. The topological polar surface area (TPSA) is 100 Å². The molecule has 0 spiro atoms. The van der Waals surface area contributed by atoms with Crippen LogP contribution in [-0.4, -0.2) is 54.3 Å². The Labute approximate surface area is 192 Å². The SMILES string of the molecule is CN1CCCCO[C@H](C(=O)N[C@H](C#N)Cc2ccc(-c3ccc4oc(=O)n(C)c4c3)cc2)C1. The van der Waals surface area contributed by atoms with E-state index < -0.39 is 17.9 Å². The Bertz CT molecular complexity index is 1220. The monoisotopic (exact) mass is 448 g/mol. The van der Waals surface area contributed by atoms with Gasteiger partial charge in [0.25, 0.3) is 5.91 Å². The van der Waals surface area contributed by atoms with Gasteiger partial charge in [0, 0.05) is 26.6 Å². The molecule has 0 bridgehead atoms. The van der Waals surface area contributed by atoms with Gasteiger partial charge in [-0.15, -0.1) is 0 Å². The molecule has 1 N–H and O–H groups in total. The minimum absolute atomic E-state index is 0.244. The fourth-order valence-electron chi connectivity index (χ4n) is 4.06. The average Bonchev–Trinajstić information content (AvgIpc) is 3.09. The zero-order valence-corrected chi connectivity index (χ0v) is 18.9. The van der Waals surface area contributed by atoms with Gasteiger partial charge in [-0.25, -0.2) is 4.79 Å². The number of hydrogen-bond acceptors (Lipinski definition) is 6. The lowest BCUT2D eigenvalue weighted by Gasteiger charge is -2.27. The zero-order valence-electron chi connectivity index (χ0n) is 18.9. The lowest BCUT2D eigenvalue weighted by Crippen LogP contribution is -2.48. The summed E-state index contributed by atoms with van der Waals surface area (Å²) in [6, 6.07) is 15.0. The van der Waals surface area contributed by atoms with Crippen molar-refractivity contribution in [2.75, 3.05) is 26.7 Å². The molecular weight excluding hydrogens is 420 g/mol. The quantitative estimate of drug-likeness (QED) is 0.644. The molecule has 33 heavy (non-hydrogen) atoms. The van der Waals surface area contributed by atoms with Crippen LogP contribution in [0.3, 0.4) is 0 Å². The Hall–Kier alpha value is -3.41. The molecular formula is C25H28N4O4. The number of fused-ring (bicyclic) bond motifs is 1. The van der Waals surface area contributed by atoms with Crippen molar-refractivity contribution in [3.05, 3.63) is 58.6 Å². The van der Waals surface area contributed by atoms with E-state index in [1.54, 1.807) is 13.1 Å². The minimum Gasteiger partial charge on any atom is -0.408 e. The van der Waals surface area contributed by atoms with Crippen LogP contribution >= 0.6 is 0 Å². The first-order chi connectivity index (χ1) is 15.9. The van der Waals surface area contributed by atoms with Crippen LogP contribution in [0.1, 0.15) is 18.4 Å². The molecule has 0 radical (unpaired) electrons. The van der Waals surface area contributed by atoms with Crippen LogP contribution < -0.4 is 11.1 Å². The highest BCUT2D eigenvalue weighted by molar-refractivity contribution is 5.82. The number of aryl methyl sites for hydroxylation is 1. The number of aromatic nitrogens is 1. The molecule has 1 aliphatic heterocycles. The average molecular weight is 449 g/mol. The third-order valence-corrected chi connectivity index (χ3v) is 6.01. The van der Waals surface area contributed by atoms with Crippen molar-refractivity contribution in [2.24, 2.45) is 7.05 Å². The first-order valence-electron chi connectivity index (χ1n) is 11.1. The molecule has 1 aliphatic rings. The fourth-order valence-corrected chi connectivity index (χ4v) is 4.06. The van der Waals surface area contributed by atoms with Crippen molar-refractivity contribution in [2.45, 2.75) is 31.4 Å². The van der Waals surface area contributed by atoms with Crippen molar-refractivity contribution in [1.29, 1.82) is 5.26 Å². The van der Waals surface area contributed by atoms with E-state index in [-0.39, 0.29) is 5.91 Å². The molecule has 0 aliphatic carbocycles. The normalized spacial score (nSPS) is 18.3. The predicted molar refractivity (Wildman–Crippen MR) is 125 cm³/mol. The fraction of sp³-hybridized carbons (Fsp3) is 0.400. The summed E-state index contributed by atoms with van der Waals surface area (Å²) >= 11 is 0. The molecule has 0 saturated carbocycles. The maximum Gasteiger partial charge on any atom is 0.419 e. The van der Waals surface area contributed by atoms with E-state index in [0.717, 1.165) is 41.6 Å². The highest BCUT2D eigenvalue weighted by Gasteiger charge is 2.25. The van der Waals surface area contributed by atoms with Crippen LogP contribution in [0.5, 0.6) is 0 Å². The number of carbonyl (C=O) groups is 1. The van der Waals surface area contributed by atoms with Crippen molar-refractivity contribution in [3.63, 3.8) is 0 Å². The third-order valence-electron chi connectivity index (χ3n) is 6.01. The number of ether oxygens (including phenoxy) is 1. The first-order valence-corrected chi connectivity index (χ1v) is 11.1. The molecule has 2 heterocycles. The summed E-state index contributed by atoms with van der Waals surface area (Å²) in [6.07, 6.45) is 1.81. The Morgan fingerprint density at radius 3 is 2.70 bits per heavy atom. The minimum atomic E-state index is -0.639. The van der Waals surface area contributed by atoms with E-state index in [4.69, 9.17) is 9.15 Å². The second kappa shape index (κ2) is 10.0. The lowest BCUT2D eigenvalue weighted by atomic mass is 10.0. The number of nitriles is 1. The van der Waals surface area contributed by atoms with Gasteiger partial charge >= 0.3 is 5.76 Å². The number of amides is 1. The molecule has 2 aromatic carbocycles. The van der Waals surface area contributed by atoms with E-state index in [1.807, 2.05) is 43.4 Å². The predicted octanol–water partition coefficient (Wildman–Crippen LogP) is 2.46. The van der Waals surface area contributed by atoms with Gasteiger partial charge in [0.2, 0.25) is 0 Å². The van der Waals surface area contributed by atoms with Gasteiger partial charge < -0.3 is 19.4 Å². The summed E-state index contributed by atoms with van der Waals surface area (Å²) in [6.45, 7) is 2.01. The van der Waals surface area contributed by atoms with E-state index in [9.17, 15) is 14.9 Å². The summed E-state index contributed by atoms with van der Waals surface area (Å²) in [5.74, 6) is -0.635. The molecule has 0 unspecified atom stereocenters. The van der Waals surface area contributed by atoms with Gasteiger partial charge in [-0.3, -0.25) is 9.36 Å². The summed E-state index contributed by atoms with van der Waals surface area (Å²) in [5.41, 5.74) is 4.17. The van der Waals surface area contributed by atoms with Gasteiger partial charge in [-0.2, -0.15) is 5.26 Å². The van der Waals surface area contributed by atoms with Gasteiger partial charge in [-0.05, 0) is 55.3 Å². The maximum absolute atomic E-state index is 12.7. The molecule has 8 heteroatoms. The van der Waals surface area contributed by atoms with E-state index in [0.29, 0.717) is 25.2 Å². The summed E-state index contributed by atoms with van der Waals surface area (Å²) < 4.78 is 12.4. The third kappa shape index (κ3) is 5.33. The molecule has 1 aromatic heterocycles. The van der Waals surface area contributed by atoms with Crippen LogP contribution in [0, 0.1) is 11.3 Å². The molecule has 172 valence electrons. The molecule has 8 nitrogen and oxygen atoms in total. The molecule has 3 aromatic rings. The second-order valence-electron chi connectivity index (χ2n) is 8.53. The van der Waals surface area contributed by atoms with Crippen LogP contribution in [0.4, 0.5) is 0 Å². The smallest absolute Gasteiger partial charge is 0.408 e. The van der Waals surface area contributed by atoms with E-state index >= 15 is 0 Å². The van der Waals surface area contributed by atoms with Crippen LogP contribution in [0.25, 0.3) is 22.2 Å². The van der Waals surface area contributed by atoms with Crippen molar-refractivity contribution in [3.8, 4) is 17.2 Å². The van der Waals surface area contributed by atoms with Crippen molar-refractivity contribution in [1.82, 2.24) is 14.8 Å². The van der Waals surface area contributed by atoms with Crippen molar-refractivity contribution < 1.29 is 13.9 Å². The van der Waals surface area contributed by atoms with E-state index in [1.165, 1.54) is 4.57 Å². The molecule has 2 atom stereocenters. The molecule has 4 rings (SSSR count). The van der Waals surface area contributed by atoms with Crippen molar-refractivity contribution >= 4 is 17.0 Å². The Morgan fingerprint density at radius 2 is 1.94 bits per heavy atom. The summed E-state index contributed by atoms with van der Waals surface area (Å²) in [4.78, 5) is 26.5. The van der Waals surface area contributed by atoms with Gasteiger partial charge in [0.15, 0.2) is 5.58 Å². The number of nitrogens with zero attached hydrogens (tertiary/aromatic N) is 3. The molecule has 1 saturated heterocycles.